The topological polar surface area (TPSA) is 87.0 Å². The second-order valence-electron chi connectivity index (χ2n) is 5.26. The molecular formula is C18H17NO6. The average Bonchev–Trinajstić information content (AvgIpc) is 3.16. The lowest BCUT2D eigenvalue weighted by Gasteiger charge is -2.26. The third-order valence-corrected chi connectivity index (χ3v) is 3.37. The number of rotatable bonds is 6. The summed E-state index contributed by atoms with van der Waals surface area (Å²) in [5, 5.41) is 2.64. The predicted octanol–water partition coefficient (Wildman–Crippen LogP) is 1.79. The summed E-state index contributed by atoms with van der Waals surface area (Å²) in [6.07, 6.45) is 3.85. The lowest BCUT2D eigenvalue weighted by molar-refractivity contribution is -0.143. The fraction of sp³-hybridized carbons (Fsp3) is 0.222. The second kappa shape index (κ2) is 8.05. The number of ether oxygens (including phenoxy) is 3. The molecule has 1 N–H and O–H groups in total. The Kier molecular flexibility index (Phi) is 5.36. The highest BCUT2D eigenvalue weighted by molar-refractivity contribution is 5.88. The highest BCUT2D eigenvalue weighted by Gasteiger charge is 2.21. The van der Waals surface area contributed by atoms with Crippen molar-refractivity contribution in [3.05, 3.63) is 54.5 Å². The van der Waals surface area contributed by atoms with Gasteiger partial charge in [0.15, 0.2) is 18.1 Å². The van der Waals surface area contributed by atoms with Crippen molar-refractivity contribution in [2.75, 3.05) is 19.8 Å². The minimum Gasteiger partial charge on any atom is -0.486 e. The van der Waals surface area contributed by atoms with Gasteiger partial charge in [-0.1, -0.05) is 12.1 Å². The molecular weight excluding hydrogens is 326 g/mol. The molecule has 3 rings (SSSR count). The number of furan rings is 1. The molecule has 0 bridgehead atoms. The molecule has 0 saturated carbocycles. The molecule has 0 aliphatic carbocycles. The smallest absolute Gasteiger partial charge is 0.331 e. The van der Waals surface area contributed by atoms with Crippen LogP contribution in [0.4, 0.5) is 0 Å². The van der Waals surface area contributed by atoms with Crippen molar-refractivity contribution in [2.45, 2.75) is 6.10 Å². The Morgan fingerprint density at radius 2 is 2.04 bits per heavy atom. The van der Waals surface area contributed by atoms with Crippen molar-refractivity contribution in [1.82, 2.24) is 5.32 Å². The number of amides is 1. The van der Waals surface area contributed by atoms with Crippen LogP contribution in [-0.2, 0) is 14.3 Å². The van der Waals surface area contributed by atoms with Gasteiger partial charge in [0.05, 0.1) is 12.8 Å². The van der Waals surface area contributed by atoms with E-state index in [0.29, 0.717) is 23.9 Å². The molecule has 1 aliphatic rings. The standard InChI is InChI=1S/C18H17NO6/c20-17(12-24-18(21)8-7-13-4-3-9-22-13)19-10-14-11-23-15-5-1-2-6-16(15)25-14/h1-9,14H,10-12H2,(H,19,20). The van der Waals surface area contributed by atoms with Crippen molar-refractivity contribution >= 4 is 18.0 Å². The first-order valence-electron chi connectivity index (χ1n) is 7.74. The van der Waals surface area contributed by atoms with Crippen LogP contribution in [0.1, 0.15) is 5.76 Å². The predicted molar refractivity (Wildman–Crippen MR) is 88.1 cm³/mol. The maximum Gasteiger partial charge on any atom is 0.331 e. The van der Waals surface area contributed by atoms with Crippen LogP contribution in [0, 0.1) is 0 Å². The minimum absolute atomic E-state index is 0.257. The Balaban J connectivity index is 1.36. The molecule has 2 heterocycles. The number of carbonyl (C=O) groups excluding carboxylic acids is 2. The molecule has 0 fully saturated rings. The monoisotopic (exact) mass is 343 g/mol. The number of nitrogens with one attached hydrogen (secondary N) is 1. The van der Waals surface area contributed by atoms with Crippen LogP contribution >= 0.6 is 0 Å². The van der Waals surface area contributed by atoms with E-state index in [9.17, 15) is 9.59 Å². The Bertz CT molecular complexity index is 753. The number of hydrogen-bond donors (Lipinski definition) is 1. The molecule has 1 aromatic carbocycles. The van der Waals surface area contributed by atoms with Gasteiger partial charge in [0, 0.05) is 6.08 Å². The van der Waals surface area contributed by atoms with Crippen molar-refractivity contribution in [1.29, 1.82) is 0 Å². The lowest BCUT2D eigenvalue weighted by atomic mass is 10.2. The number of hydrogen-bond acceptors (Lipinski definition) is 6. The summed E-state index contributed by atoms with van der Waals surface area (Å²) in [6, 6.07) is 10.7. The Morgan fingerprint density at radius 3 is 2.84 bits per heavy atom. The van der Waals surface area contributed by atoms with Crippen molar-refractivity contribution < 1.29 is 28.2 Å². The average molecular weight is 343 g/mol. The van der Waals surface area contributed by atoms with Gasteiger partial charge in [-0.3, -0.25) is 4.79 Å². The van der Waals surface area contributed by atoms with E-state index in [1.165, 1.54) is 18.4 Å². The minimum atomic E-state index is -0.627. The molecule has 1 atom stereocenters. The van der Waals surface area contributed by atoms with Crippen molar-refractivity contribution in [2.24, 2.45) is 0 Å². The maximum absolute atomic E-state index is 11.7. The molecule has 7 heteroatoms. The van der Waals surface area contributed by atoms with Gasteiger partial charge in [-0.2, -0.15) is 0 Å². The maximum atomic E-state index is 11.7. The van der Waals surface area contributed by atoms with Gasteiger partial charge in [0.1, 0.15) is 18.5 Å². The molecule has 0 radical (unpaired) electrons. The van der Waals surface area contributed by atoms with E-state index in [4.69, 9.17) is 18.6 Å². The second-order valence-corrected chi connectivity index (χ2v) is 5.26. The summed E-state index contributed by atoms with van der Waals surface area (Å²) in [7, 11) is 0. The third-order valence-electron chi connectivity index (χ3n) is 3.37. The molecule has 1 aliphatic heterocycles. The summed E-state index contributed by atoms with van der Waals surface area (Å²) in [5.41, 5.74) is 0. The molecule has 2 aromatic rings. The fourth-order valence-corrected chi connectivity index (χ4v) is 2.16. The summed E-state index contributed by atoms with van der Waals surface area (Å²) >= 11 is 0. The number of esters is 1. The summed E-state index contributed by atoms with van der Waals surface area (Å²) in [4.78, 5) is 23.3. The first kappa shape index (κ1) is 16.6. The quantitative estimate of drug-likeness (QED) is 0.636. The first-order valence-corrected chi connectivity index (χ1v) is 7.74. The van der Waals surface area contributed by atoms with E-state index in [-0.39, 0.29) is 19.3 Å². The van der Waals surface area contributed by atoms with Crippen LogP contribution in [0.25, 0.3) is 6.08 Å². The van der Waals surface area contributed by atoms with Gasteiger partial charge in [-0.05, 0) is 30.3 Å². The van der Waals surface area contributed by atoms with Crippen LogP contribution < -0.4 is 14.8 Å². The van der Waals surface area contributed by atoms with E-state index in [1.807, 2.05) is 18.2 Å². The normalized spacial score (nSPS) is 15.8. The summed E-state index contributed by atoms with van der Waals surface area (Å²) < 4.78 is 21.2. The molecule has 0 saturated heterocycles. The van der Waals surface area contributed by atoms with Gasteiger partial charge >= 0.3 is 5.97 Å². The largest absolute Gasteiger partial charge is 0.486 e. The lowest BCUT2D eigenvalue weighted by Crippen LogP contribution is -2.42. The van der Waals surface area contributed by atoms with Gasteiger partial charge in [0.25, 0.3) is 5.91 Å². The van der Waals surface area contributed by atoms with Crippen molar-refractivity contribution in [3.8, 4) is 11.5 Å². The van der Waals surface area contributed by atoms with Crippen LogP contribution in [0.15, 0.2) is 53.2 Å². The van der Waals surface area contributed by atoms with Crippen molar-refractivity contribution in [3.63, 3.8) is 0 Å². The first-order chi connectivity index (χ1) is 12.2. The zero-order valence-corrected chi connectivity index (χ0v) is 13.3. The molecule has 7 nitrogen and oxygen atoms in total. The molecule has 0 spiro atoms. The molecule has 130 valence electrons. The van der Waals surface area contributed by atoms with Crippen LogP contribution in [-0.4, -0.2) is 37.7 Å². The van der Waals surface area contributed by atoms with E-state index in [0.717, 1.165) is 0 Å². The zero-order chi connectivity index (χ0) is 17.5. The fourth-order valence-electron chi connectivity index (χ4n) is 2.16. The molecule has 1 aromatic heterocycles. The van der Waals surface area contributed by atoms with Gasteiger partial charge in [-0.15, -0.1) is 0 Å². The van der Waals surface area contributed by atoms with E-state index in [1.54, 1.807) is 18.2 Å². The van der Waals surface area contributed by atoms with E-state index >= 15 is 0 Å². The number of carbonyl (C=O) groups is 2. The zero-order valence-electron chi connectivity index (χ0n) is 13.3. The summed E-state index contributed by atoms with van der Waals surface area (Å²) in [6.45, 7) is 0.224. The highest BCUT2D eigenvalue weighted by atomic mass is 16.6. The van der Waals surface area contributed by atoms with Crippen LogP contribution in [0.3, 0.4) is 0 Å². The number of para-hydroxylation sites is 2. The number of benzene rings is 1. The molecule has 1 unspecified atom stereocenters. The Hall–Kier alpha value is -3.22. The van der Waals surface area contributed by atoms with Crippen LogP contribution in [0.5, 0.6) is 11.5 Å². The van der Waals surface area contributed by atoms with E-state index < -0.39 is 11.9 Å². The van der Waals surface area contributed by atoms with Gasteiger partial charge in [0.2, 0.25) is 0 Å². The SMILES string of the molecule is O=C(COC(=O)C=Cc1ccco1)NCC1COc2ccccc2O1. The highest BCUT2D eigenvalue weighted by Crippen LogP contribution is 2.30. The third kappa shape index (κ3) is 4.87. The van der Waals surface area contributed by atoms with Gasteiger partial charge < -0.3 is 23.9 Å². The molecule has 1 amide bonds. The van der Waals surface area contributed by atoms with Gasteiger partial charge in [-0.25, -0.2) is 4.79 Å². The Labute approximate surface area is 144 Å². The van der Waals surface area contributed by atoms with Crippen LogP contribution in [0.2, 0.25) is 0 Å². The van der Waals surface area contributed by atoms with E-state index in [2.05, 4.69) is 5.32 Å². The summed E-state index contributed by atoms with van der Waals surface area (Å²) in [5.74, 6) is 0.806. The Morgan fingerprint density at radius 1 is 1.20 bits per heavy atom. The molecule has 25 heavy (non-hydrogen) atoms. The number of fused-ring (bicyclic) bond motifs is 1.